The van der Waals surface area contributed by atoms with E-state index in [9.17, 15) is 5.11 Å². The average molecular weight is 322 g/mol. The zero-order chi connectivity index (χ0) is 15.7. The zero-order valence-electron chi connectivity index (χ0n) is 13.2. The molecule has 120 valence electrons. The monoisotopic (exact) mass is 321 g/mol. The summed E-state index contributed by atoms with van der Waals surface area (Å²) in [4.78, 5) is 2.46. The van der Waals surface area contributed by atoms with Crippen molar-refractivity contribution in [3.8, 4) is 0 Å². The van der Waals surface area contributed by atoms with E-state index >= 15 is 0 Å². The van der Waals surface area contributed by atoms with Crippen molar-refractivity contribution in [2.45, 2.75) is 32.8 Å². The highest BCUT2D eigenvalue weighted by Crippen LogP contribution is 2.30. The smallest absolute Gasteiger partial charge is 0.0816 e. The van der Waals surface area contributed by atoms with Gasteiger partial charge in [-0.25, -0.2) is 0 Å². The summed E-state index contributed by atoms with van der Waals surface area (Å²) in [5.41, 5.74) is 1.70. The van der Waals surface area contributed by atoms with Crippen molar-refractivity contribution in [2.75, 3.05) is 19.6 Å². The molecule has 1 aliphatic rings. The summed E-state index contributed by atoms with van der Waals surface area (Å²) >= 11 is 6.30. The van der Waals surface area contributed by atoms with E-state index in [0.717, 1.165) is 47.9 Å². The number of aliphatic hydroxyl groups is 1. The molecule has 0 aliphatic carbocycles. The zero-order valence-corrected chi connectivity index (χ0v) is 14.0. The molecule has 3 atom stereocenters. The molecule has 3 rings (SSSR count). The summed E-state index contributed by atoms with van der Waals surface area (Å²) in [6.07, 6.45) is 3.25. The van der Waals surface area contributed by atoms with Gasteiger partial charge in [0.05, 0.1) is 17.8 Å². The van der Waals surface area contributed by atoms with Gasteiger partial charge < -0.3 is 10.0 Å². The van der Waals surface area contributed by atoms with Crippen LogP contribution in [0.4, 0.5) is 0 Å². The lowest BCUT2D eigenvalue weighted by Crippen LogP contribution is -2.39. The second-order valence-electron chi connectivity index (χ2n) is 6.84. The van der Waals surface area contributed by atoms with Gasteiger partial charge in [-0.3, -0.25) is 5.10 Å². The maximum Gasteiger partial charge on any atom is 0.0816 e. The number of piperidine rings is 1. The molecule has 2 aromatic rings. The first-order valence-electron chi connectivity index (χ1n) is 8.06. The van der Waals surface area contributed by atoms with E-state index in [1.54, 1.807) is 6.20 Å². The lowest BCUT2D eigenvalue weighted by molar-refractivity contribution is 0.103. The molecule has 1 saturated heterocycles. The Hall–Kier alpha value is -1.10. The number of nitrogens with one attached hydrogen (secondary N) is 1. The molecular formula is C17H24ClN3O. The van der Waals surface area contributed by atoms with Crippen molar-refractivity contribution < 1.29 is 5.11 Å². The molecule has 5 heteroatoms. The van der Waals surface area contributed by atoms with Crippen LogP contribution in [0.3, 0.4) is 0 Å². The van der Waals surface area contributed by atoms with Crippen LogP contribution in [0.1, 0.15) is 38.4 Å². The lowest BCUT2D eigenvalue weighted by atomic mass is 9.91. The maximum absolute atomic E-state index is 10.5. The largest absolute Gasteiger partial charge is 0.388 e. The van der Waals surface area contributed by atoms with E-state index in [4.69, 9.17) is 11.6 Å². The number of H-pyrrole nitrogens is 1. The number of aromatic nitrogens is 2. The Morgan fingerprint density at radius 2 is 2.09 bits per heavy atom. The number of aliphatic hydroxyl groups excluding tert-OH is 1. The minimum atomic E-state index is -0.528. The number of hydrogen-bond donors (Lipinski definition) is 2. The Bertz CT molecular complexity index is 632. The second kappa shape index (κ2) is 6.57. The first kappa shape index (κ1) is 15.8. The Labute approximate surface area is 136 Å². The molecule has 1 fully saturated rings. The standard InChI is InChI=1S/C17H24ClN3O/c1-11-5-12(2)10-21(9-11)4-3-17(22)14-6-13-8-19-20-16(13)7-15(14)18/h6-8,11-12,17,22H,3-5,9-10H2,1-2H3,(H,19,20). The molecule has 4 nitrogen and oxygen atoms in total. The number of rotatable bonds is 4. The molecule has 0 saturated carbocycles. The number of fused-ring (bicyclic) bond motifs is 1. The Balaban J connectivity index is 1.65. The minimum absolute atomic E-state index is 0.528. The van der Waals surface area contributed by atoms with Gasteiger partial charge in [0, 0.05) is 30.0 Å². The van der Waals surface area contributed by atoms with Gasteiger partial charge in [0.1, 0.15) is 0 Å². The number of benzene rings is 1. The number of halogens is 1. The predicted octanol–water partition coefficient (Wildman–Crippen LogP) is 3.62. The van der Waals surface area contributed by atoms with Gasteiger partial charge in [0.15, 0.2) is 0 Å². The van der Waals surface area contributed by atoms with Gasteiger partial charge in [0.25, 0.3) is 0 Å². The molecular weight excluding hydrogens is 298 g/mol. The Kier molecular flexibility index (Phi) is 4.71. The molecule has 2 heterocycles. The van der Waals surface area contributed by atoms with E-state index in [1.807, 2.05) is 12.1 Å². The van der Waals surface area contributed by atoms with Crippen molar-refractivity contribution in [3.63, 3.8) is 0 Å². The maximum atomic E-state index is 10.5. The lowest BCUT2D eigenvalue weighted by Gasteiger charge is -2.35. The summed E-state index contributed by atoms with van der Waals surface area (Å²) in [6, 6.07) is 3.78. The topological polar surface area (TPSA) is 52.1 Å². The first-order chi connectivity index (χ1) is 10.5. The van der Waals surface area contributed by atoms with E-state index in [2.05, 4.69) is 28.9 Å². The van der Waals surface area contributed by atoms with Crippen molar-refractivity contribution in [1.29, 1.82) is 0 Å². The van der Waals surface area contributed by atoms with Gasteiger partial charge in [-0.2, -0.15) is 5.10 Å². The number of nitrogens with zero attached hydrogens (tertiary/aromatic N) is 2. The van der Waals surface area contributed by atoms with E-state index in [0.29, 0.717) is 11.4 Å². The van der Waals surface area contributed by atoms with Gasteiger partial charge in [0.2, 0.25) is 0 Å². The highest BCUT2D eigenvalue weighted by atomic mass is 35.5. The summed E-state index contributed by atoms with van der Waals surface area (Å²) in [6.45, 7) is 7.79. The van der Waals surface area contributed by atoms with Crippen molar-refractivity contribution in [3.05, 3.63) is 28.9 Å². The third-order valence-corrected chi connectivity index (χ3v) is 4.91. The quantitative estimate of drug-likeness (QED) is 0.904. The second-order valence-corrected chi connectivity index (χ2v) is 7.25. The molecule has 3 unspecified atom stereocenters. The van der Waals surface area contributed by atoms with Gasteiger partial charge in [-0.1, -0.05) is 25.4 Å². The fraction of sp³-hybridized carbons (Fsp3) is 0.588. The van der Waals surface area contributed by atoms with Crippen LogP contribution in [0, 0.1) is 11.8 Å². The van der Waals surface area contributed by atoms with Crippen molar-refractivity contribution in [1.82, 2.24) is 15.1 Å². The van der Waals surface area contributed by atoms with Crippen LogP contribution in [0.2, 0.25) is 5.02 Å². The fourth-order valence-corrected chi connectivity index (χ4v) is 3.96. The van der Waals surface area contributed by atoms with Gasteiger partial charge >= 0.3 is 0 Å². The fourth-order valence-electron chi connectivity index (χ4n) is 3.67. The number of likely N-dealkylation sites (tertiary alicyclic amines) is 1. The summed E-state index contributed by atoms with van der Waals surface area (Å²) in [7, 11) is 0. The van der Waals surface area contributed by atoms with Gasteiger partial charge in [-0.15, -0.1) is 0 Å². The van der Waals surface area contributed by atoms with E-state index in [1.165, 1.54) is 6.42 Å². The molecule has 1 aromatic carbocycles. The third kappa shape index (κ3) is 3.45. The highest BCUT2D eigenvalue weighted by molar-refractivity contribution is 6.32. The number of hydrogen-bond acceptors (Lipinski definition) is 3. The SMILES string of the molecule is CC1CC(C)CN(CCC(O)c2cc3cn[nH]c3cc2Cl)C1. The molecule has 22 heavy (non-hydrogen) atoms. The molecule has 2 N–H and O–H groups in total. The van der Waals surface area contributed by atoms with E-state index in [-0.39, 0.29) is 0 Å². The van der Waals surface area contributed by atoms with Crippen LogP contribution in [-0.2, 0) is 0 Å². The highest BCUT2D eigenvalue weighted by Gasteiger charge is 2.22. The Morgan fingerprint density at radius 3 is 2.82 bits per heavy atom. The Morgan fingerprint density at radius 1 is 1.36 bits per heavy atom. The summed E-state index contributed by atoms with van der Waals surface area (Å²) in [5, 5.41) is 19.0. The summed E-state index contributed by atoms with van der Waals surface area (Å²) < 4.78 is 0. The number of aromatic amines is 1. The third-order valence-electron chi connectivity index (χ3n) is 4.58. The average Bonchev–Trinajstić information content (AvgIpc) is 2.90. The predicted molar refractivity (Wildman–Crippen MR) is 90.1 cm³/mol. The summed E-state index contributed by atoms with van der Waals surface area (Å²) in [5.74, 6) is 1.48. The van der Waals surface area contributed by atoms with E-state index < -0.39 is 6.10 Å². The molecule has 0 bridgehead atoms. The van der Waals surface area contributed by atoms with Gasteiger partial charge in [-0.05, 0) is 42.4 Å². The first-order valence-corrected chi connectivity index (χ1v) is 8.43. The molecule has 1 aromatic heterocycles. The van der Waals surface area contributed by atoms with Crippen LogP contribution < -0.4 is 0 Å². The molecule has 1 aliphatic heterocycles. The van der Waals surface area contributed by atoms with Crippen LogP contribution in [0.15, 0.2) is 18.3 Å². The molecule has 0 radical (unpaired) electrons. The molecule has 0 amide bonds. The van der Waals surface area contributed by atoms with Crippen LogP contribution >= 0.6 is 11.6 Å². The minimum Gasteiger partial charge on any atom is -0.388 e. The normalized spacial score (nSPS) is 24.7. The molecule has 0 spiro atoms. The van der Waals surface area contributed by atoms with Crippen molar-refractivity contribution in [2.24, 2.45) is 11.8 Å². The van der Waals surface area contributed by atoms with Crippen molar-refractivity contribution >= 4 is 22.5 Å². The van der Waals surface area contributed by atoms with Crippen LogP contribution in [-0.4, -0.2) is 39.8 Å². The van der Waals surface area contributed by atoms with Crippen LogP contribution in [0.5, 0.6) is 0 Å². The van der Waals surface area contributed by atoms with Crippen LogP contribution in [0.25, 0.3) is 10.9 Å².